The van der Waals surface area contributed by atoms with Crippen molar-refractivity contribution in [1.82, 2.24) is 0 Å². The number of quaternary nitrogens is 1. The molecule has 0 bridgehead atoms. The van der Waals surface area contributed by atoms with Crippen molar-refractivity contribution < 1.29 is 23.6 Å². The van der Waals surface area contributed by atoms with E-state index >= 15 is 0 Å². The summed E-state index contributed by atoms with van der Waals surface area (Å²) >= 11 is 5.67. The standard InChI is InChI=1S/C15H18ClFN2O3/c1-22-15(21)10-4-6-19(7-5-10)9-14(20)18-13-3-2-11(16)8-12(13)17/h2-3,8,10H,4-7,9H2,1H3,(H,18,20)/p+1. The third kappa shape index (κ3) is 4.42. The Morgan fingerprint density at radius 3 is 2.68 bits per heavy atom. The number of rotatable bonds is 4. The average Bonchev–Trinajstić information content (AvgIpc) is 2.50. The molecule has 1 heterocycles. The van der Waals surface area contributed by atoms with Gasteiger partial charge in [-0.1, -0.05) is 11.6 Å². The van der Waals surface area contributed by atoms with Gasteiger partial charge in [0.25, 0.3) is 5.91 Å². The molecule has 22 heavy (non-hydrogen) atoms. The number of benzene rings is 1. The molecular weight excluding hydrogens is 311 g/mol. The minimum Gasteiger partial charge on any atom is -0.469 e. The molecule has 1 amide bonds. The zero-order valence-electron chi connectivity index (χ0n) is 12.3. The monoisotopic (exact) mass is 329 g/mol. The minimum atomic E-state index is -0.555. The fourth-order valence-corrected chi connectivity index (χ4v) is 2.78. The van der Waals surface area contributed by atoms with Gasteiger partial charge in [-0.2, -0.15) is 0 Å². The molecule has 0 aliphatic carbocycles. The van der Waals surface area contributed by atoms with Crippen LogP contribution in [-0.2, 0) is 14.3 Å². The first-order valence-corrected chi connectivity index (χ1v) is 7.53. The SMILES string of the molecule is COC(=O)C1CC[NH+](CC(=O)Nc2ccc(Cl)cc2F)CC1. The highest BCUT2D eigenvalue weighted by Gasteiger charge is 2.29. The molecule has 0 atom stereocenters. The number of hydrogen-bond donors (Lipinski definition) is 2. The third-order valence-corrected chi connectivity index (χ3v) is 4.08. The third-order valence-electron chi connectivity index (χ3n) is 3.84. The maximum absolute atomic E-state index is 13.6. The van der Waals surface area contributed by atoms with Crippen molar-refractivity contribution in [3.05, 3.63) is 29.0 Å². The molecule has 0 radical (unpaired) electrons. The highest BCUT2D eigenvalue weighted by Crippen LogP contribution is 2.18. The van der Waals surface area contributed by atoms with Crippen molar-refractivity contribution in [3.8, 4) is 0 Å². The van der Waals surface area contributed by atoms with Crippen LogP contribution in [0, 0.1) is 11.7 Å². The Morgan fingerprint density at radius 2 is 2.09 bits per heavy atom. The van der Waals surface area contributed by atoms with Crippen LogP contribution in [0.2, 0.25) is 5.02 Å². The lowest BCUT2D eigenvalue weighted by molar-refractivity contribution is -0.897. The summed E-state index contributed by atoms with van der Waals surface area (Å²) in [6.45, 7) is 1.68. The van der Waals surface area contributed by atoms with E-state index in [0.29, 0.717) is 12.8 Å². The van der Waals surface area contributed by atoms with Gasteiger partial charge in [-0.3, -0.25) is 9.59 Å². The van der Waals surface area contributed by atoms with Crippen LogP contribution in [0.5, 0.6) is 0 Å². The predicted molar refractivity (Wildman–Crippen MR) is 80.3 cm³/mol. The van der Waals surface area contributed by atoms with Crippen molar-refractivity contribution in [2.45, 2.75) is 12.8 Å². The van der Waals surface area contributed by atoms with Crippen molar-refractivity contribution in [2.75, 3.05) is 32.1 Å². The molecule has 5 nitrogen and oxygen atoms in total. The second-order valence-corrected chi connectivity index (χ2v) is 5.83. The van der Waals surface area contributed by atoms with E-state index in [4.69, 9.17) is 16.3 Å². The van der Waals surface area contributed by atoms with E-state index in [1.54, 1.807) is 0 Å². The zero-order valence-corrected chi connectivity index (χ0v) is 13.1. The van der Waals surface area contributed by atoms with Crippen LogP contribution in [0.25, 0.3) is 0 Å². The Morgan fingerprint density at radius 1 is 1.41 bits per heavy atom. The summed E-state index contributed by atoms with van der Waals surface area (Å²) in [5.74, 6) is -1.08. The zero-order chi connectivity index (χ0) is 16.1. The number of anilines is 1. The summed E-state index contributed by atoms with van der Waals surface area (Å²) in [6, 6.07) is 4.12. The van der Waals surface area contributed by atoms with Gasteiger partial charge in [0, 0.05) is 17.9 Å². The van der Waals surface area contributed by atoms with Gasteiger partial charge < -0.3 is 15.0 Å². The fraction of sp³-hybridized carbons (Fsp3) is 0.467. The molecule has 2 N–H and O–H groups in total. The second kappa shape index (κ2) is 7.56. The highest BCUT2D eigenvalue weighted by atomic mass is 35.5. The lowest BCUT2D eigenvalue weighted by Crippen LogP contribution is -3.14. The molecule has 1 aromatic carbocycles. The molecule has 1 saturated heterocycles. The van der Waals surface area contributed by atoms with E-state index < -0.39 is 5.82 Å². The molecule has 1 aliphatic heterocycles. The molecule has 0 aromatic heterocycles. The first-order chi connectivity index (χ1) is 10.5. The van der Waals surface area contributed by atoms with Crippen LogP contribution in [-0.4, -0.2) is 38.6 Å². The van der Waals surface area contributed by atoms with Crippen LogP contribution in [0.3, 0.4) is 0 Å². The van der Waals surface area contributed by atoms with Crippen molar-refractivity contribution in [3.63, 3.8) is 0 Å². The maximum atomic E-state index is 13.6. The normalized spacial score (nSPS) is 21.2. The van der Waals surface area contributed by atoms with Crippen molar-refractivity contribution in [1.29, 1.82) is 0 Å². The van der Waals surface area contributed by atoms with Gasteiger partial charge in [-0.15, -0.1) is 0 Å². The fourth-order valence-electron chi connectivity index (χ4n) is 2.62. The number of halogens is 2. The van der Waals surface area contributed by atoms with Gasteiger partial charge in [-0.05, 0) is 18.2 Å². The quantitative estimate of drug-likeness (QED) is 0.806. The smallest absolute Gasteiger partial charge is 0.309 e. The number of carbonyl (C=O) groups excluding carboxylic acids is 2. The van der Waals surface area contributed by atoms with Crippen LogP contribution in [0.4, 0.5) is 10.1 Å². The van der Waals surface area contributed by atoms with Gasteiger partial charge in [0.15, 0.2) is 6.54 Å². The average molecular weight is 330 g/mol. The number of esters is 1. The lowest BCUT2D eigenvalue weighted by Gasteiger charge is -2.27. The Labute approximate surface area is 133 Å². The number of hydrogen-bond acceptors (Lipinski definition) is 3. The summed E-state index contributed by atoms with van der Waals surface area (Å²) < 4.78 is 18.3. The predicted octanol–water partition coefficient (Wildman–Crippen LogP) is 0.885. The van der Waals surface area contributed by atoms with E-state index in [0.717, 1.165) is 24.1 Å². The molecule has 120 valence electrons. The summed E-state index contributed by atoms with van der Waals surface area (Å²) in [7, 11) is 1.38. The molecule has 0 spiro atoms. The van der Waals surface area contributed by atoms with E-state index in [1.165, 1.54) is 19.2 Å². The van der Waals surface area contributed by atoms with Crippen LogP contribution < -0.4 is 10.2 Å². The first-order valence-electron chi connectivity index (χ1n) is 7.16. The molecule has 0 saturated carbocycles. The number of likely N-dealkylation sites (tertiary alicyclic amines) is 1. The number of nitrogens with one attached hydrogen (secondary N) is 2. The van der Waals surface area contributed by atoms with Gasteiger partial charge in [0.05, 0.1) is 31.8 Å². The summed E-state index contributed by atoms with van der Waals surface area (Å²) in [6.07, 6.45) is 1.40. The van der Waals surface area contributed by atoms with Crippen LogP contribution >= 0.6 is 11.6 Å². The number of carbonyl (C=O) groups is 2. The van der Waals surface area contributed by atoms with Crippen molar-refractivity contribution in [2.24, 2.45) is 5.92 Å². The molecule has 7 heteroatoms. The molecule has 1 fully saturated rings. The molecular formula is C15H19ClFN2O3+. The number of piperidine rings is 1. The molecule has 2 rings (SSSR count). The minimum absolute atomic E-state index is 0.0782. The summed E-state index contributed by atoms with van der Waals surface area (Å²) in [4.78, 5) is 24.5. The largest absolute Gasteiger partial charge is 0.469 e. The van der Waals surface area contributed by atoms with E-state index in [1.807, 2.05) is 0 Å². The number of methoxy groups -OCH3 is 1. The molecule has 0 unspecified atom stereocenters. The van der Waals surface area contributed by atoms with Crippen LogP contribution in [0.15, 0.2) is 18.2 Å². The van der Waals surface area contributed by atoms with Gasteiger partial charge in [0.1, 0.15) is 5.82 Å². The van der Waals surface area contributed by atoms with Gasteiger partial charge >= 0.3 is 5.97 Å². The highest BCUT2D eigenvalue weighted by molar-refractivity contribution is 6.30. The van der Waals surface area contributed by atoms with Crippen molar-refractivity contribution >= 4 is 29.2 Å². The number of ether oxygens (including phenoxy) is 1. The Balaban J connectivity index is 1.82. The Hall–Kier alpha value is -1.66. The van der Waals surface area contributed by atoms with Crippen LogP contribution in [0.1, 0.15) is 12.8 Å². The van der Waals surface area contributed by atoms with Gasteiger partial charge in [0.2, 0.25) is 0 Å². The maximum Gasteiger partial charge on any atom is 0.309 e. The van der Waals surface area contributed by atoms with E-state index in [9.17, 15) is 14.0 Å². The summed E-state index contributed by atoms with van der Waals surface area (Å²) in [5, 5.41) is 2.83. The number of amides is 1. The molecule has 1 aliphatic rings. The molecule has 1 aromatic rings. The first kappa shape index (κ1) is 16.7. The van der Waals surface area contributed by atoms with Gasteiger partial charge in [-0.25, -0.2) is 4.39 Å². The topological polar surface area (TPSA) is 59.8 Å². The second-order valence-electron chi connectivity index (χ2n) is 5.40. The Bertz CT molecular complexity index is 560. The Kier molecular flexibility index (Phi) is 5.74. The van der Waals surface area contributed by atoms with E-state index in [2.05, 4.69) is 5.32 Å². The lowest BCUT2D eigenvalue weighted by atomic mass is 9.97. The summed E-state index contributed by atoms with van der Waals surface area (Å²) in [5.41, 5.74) is 0.123. The van der Waals surface area contributed by atoms with E-state index in [-0.39, 0.29) is 35.0 Å².